The third-order valence-electron chi connectivity index (χ3n) is 4.32. The van der Waals surface area contributed by atoms with E-state index in [1.807, 2.05) is 0 Å². The molecule has 0 aromatic carbocycles. The fraction of sp³-hybridized carbons (Fsp3) is 0.643. The van der Waals surface area contributed by atoms with E-state index < -0.39 is 9.84 Å². The van der Waals surface area contributed by atoms with Crippen LogP contribution in [0.3, 0.4) is 0 Å². The molecular weight excluding hydrogens is 274 g/mol. The molecule has 1 fully saturated rings. The van der Waals surface area contributed by atoms with Crippen molar-refractivity contribution in [1.29, 1.82) is 0 Å². The van der Waals surface area contributed by atoms with Crippen molar-refractivity contribution in [2.45, 2.75) is 37.2 Å². The second-order valence-electron chi connectivity index (χ2n) is 5.87. The van der Waals surface area contributed by atoms with Crippen molar-refractivity contribution in [3.63, 3.8) is 0 Å². The second kappa shape index (κ2) is 5.00. The van der Waals surface area contributed by atoms with Gasteiger partial charge in [0.1, 0.15) is 10.7 Å². The van der Waals surface area contributed by atoms with Crippen LogP contribution in [0.4, 0.5) is 5.82 Å². The van der Waals surface area contributed by atoms with Gasteiger partial charge in [0, 0.05) is 37.9 Å². The number of sulfone groups is 1. The number of anilines is 1. The maximum absolute atomic E-state index is 12.4. The van der Waals surface area contributed by atoms with Gasteiger partial charge in [0.25, 0.3) is 0 Å². The van der Waals surface area contributed by atoms with Crippen LogP contribution in [0.2, 0.25) is 0 Å². The molecule has 5 nitrogen and oxygen atoms in total. The minimum atomic E-state index is -3.20. The molecule has 1 saturated heterocycles. The lowest BCUT2D eigenvalue weighted by Crippen LogP contribution is -2.55. The van der Waals surface area contributed by atoms with Gasteiger partial charge in [-0.1, -0.05) is 0 Å². The first-order valence-electron chi connectivity index (χ1n) is 7.17. The third kappa shape index (κ3) is 2.31. The summed E-state index contributed by atoms with van der Waals surface area (Å²) in [6.07, 6.45) is 2.37. The van der Waals surface area contributed by atoms with Crippen molar-refractivity contribution >= 4 is 15.7 Å². The zero-order valence-corrected chi connectivity index (χ0v) is 12.8. The number of hydrogen-bond donors (Lipinski definition) is 0. The highest BCUT2D eigenvalue weighted by Gasteiger charge is 2.36. The number of piperazine rings is 1. The van der Waals surface area contributed by atoms with E-state index >= 15 is 0 Å². The van der Waals surface area contributed by atoms with E-state index in [4.69, 9.17) is 0 Å². The van der Waals surface area contributed by atoms with Crippen LogP contribution in [0.5, 0.6) is 0 Å². The summed E-state index contributed by atoms with van der Waals surface area (Å²) in [4.78, 5) is 9.37. The van der Waals surface area contributed by atoms with Crippen LogP contribution in [0.1, 0.15) is 20.3 Å². The van der Waals surface area contributed by atoms with Gasteiger partial charge in [0.05, 0.1) is 5.75 Å². The summed E-state index contributed by atoms with van der Waals surface area (Å²) in [6, 6.07) is 4.15. The molecular formula is C14H21N3O2S. The molecule has 0 aliphatic carbocycles. The van der Waals surface area contributed by atoms with Crippen molar-refractivity contribution < 1.29 is 8.42 Å². The van der Waals surface area contributed by atoms with Gasteiger partial charge >= 0.3 is 0 Å². The van der Waals surface area contributed by atoms with Gasteiger partial charge in [0.15, 0.2) is 9.84 Å². The monoisotopic (exact) mass is 295 g/mol. The van der Waals surface area contributed by atoms with Crippen molar-refractivity contribution in [1.82, 2.24) is 9.88 Å². The Balaban J connectivity index is 1.99. The number of pyridine rings is 1. The third-order valence-corrected chi connectivity index (χ3v) is 6.08. The molecule has 20 heavy (non-hydrogen) atoms. The van der Waals surface area contributed by atoms with Crippen LogP contribution in [0.15, 0.2) is 23.2 Å². The largest absolute Gasteiger partial charge is 0.350 e. The Hall–Kier alpha value is -1.14. The van der Waals surface area contributed by atoms with Crippen molar-refractivity contribution in [2.75, 3.05) is 30.3 Å². The average molecular weight is 295 g/mol. The summed E-state index contributed by atoms with van der Waals surface area (Å²) in [7, 11) is -3.20. The Morgan fingerprint density at radius 1 is 1.35 bits per heavy atom. The van der Waals surface area contributed by atoms with Crippen LogP contribution in [0, 0.1) is 0 Å². The normalized spacial score (nSPS) is 25.9. The van der Waals surface area contributed by atoms with Crippen molar-refractivity contribution in [3.8, 4) is 0 Å². The molecule has 0 saturated carbocycles. The summed E-state index contributed by atoms with van der Waals surface area (Å²) < 4.78 is 24.7. The predicted octanol–water partition coefficient (Wildman–Crippen LogP) is 1.16. The van der Waals surface area contributed by atoms with Gasteiger partial charge in [-0.05, 0) is 32.4 Å². The van der Waals surface area contributed by atoms with Gasteiger partial charge in [-0.3, -0.25) is 4.90 Å². The first-order valence-corrected chi connectivity index (χ1v) is 8.83. The quantitative estimate of drug-likeness (QED) is 0.778. The maximum atomic E-state index is 12.4. The van der Waals surface area contributed by atoms with Gasteiger partial charge in [-0.15, -0.1) is 0 Å². The lowest BCUT2D eigenvalue weighted by molar-refractivity contribution is 0.178. The standard InChI is InChI=1S/C14H21N3O2S/c1-11(2)16-7-8-17-12(10-16)5-9-20(18,19)13-4-3-6-15-14(13)17/h3-4,6,11-12H,5,7-10H2,1-2H3. The van der Waals surface area contributed by atoms with E-state index in [-0.39, 0.29) is 11.8 Å². The van der Waals surface area contributed by atoms with Gasteiger partial charge in [-0.25, -0.2) is 13.4 Å². The van der Waals surface area contributed by atoms with Gasteiger partial charge in [0.2, 0.25) is 0 Å². The SMILES string of the molecule is CC(C)N1CCN2c3ncccc3S(=O)(=O)CCC2C1. The second-order valence-corrected chi connectivity index (χ2v) is 7.95. The summed E-state index contributed by atoms with van der Waals surface area (Å²) in [5.41, 5.74) is 0. The highest BCUT2D eigenvalue weighted by atomic mass is 32.2. The maximum Gasteiger partial charge on any atom is 0.182 e. The van der Waals surface area contributed by atoms with Crippen LogP contribution in [-0.2, 0) is 9.84 Å². The van der Waals surface area contributed by atoms with Gasteiger partial charge in [-0.2, -0.15) is 0 Å². The number of nitrogens with zero attached hydrogens (tertiary/aromatic N) is 3. The number of hydrogen-bond acceptors (Lipinski definition) is 5. The molecule has 6 heteroatoms. The molecule has 110 valence electrons. The molecule has 3 rings (SSSR count). The molecule has 1 unspecified atom stereocenters. The molecule has 2 aliphatic heterocycles. The zero-order valence-electron chi connectivity index (χ0n) is 12.0. The Kier molecular flexibility index (Phi) is 3.46. The molecule has 1 atom stereocenters. The molecule has 3 heterocycles. The Labute approximate surface area is 120 Å². The van der Waals surface area contributed by atoms with Crippen molar-refractivity contribution in [2.24, 2.45) is 0 Å². The smallest absolute Gasteiger partial charge is 0.182 e. The van der Waals surface area contributed by atoms with E-state index in [9.17, 15) is 8.42 Å². The lowest BCUT2D eigenvalue weighted by Gasteiger charge is -2.43. The zero-order chi connectivity index (χ0) is 14.3. The summed E-state index contributed by atoms with van der Waals surface area (Å²) in [6.45, 7) is 7.11. The summed E-state index contributed by atoms with van der Waals surface area (Å²) in [5.74, 6) is 0.872. The predicted molar refractivity (Wildman–Crippen MR) is 78.7 cm³/mol. The van der Waals surface area contributed by atoms with Gasteiger partial charge < -0.3 is 4.90 Å². The van der Waals surface area contributed by atoms with Crippen LogP contribution in [-0.4, -0.2) is 55.8 Å². The molecule has 1 aromatic heterocycles. The topological polar surface area (TPSA) is 53.5 Å². The first-order chi connectivity index (χ1) is 9.49. The number of fused-ring (bicyclic) bond motifs is 3. The van der Waals surface area contributed by atoms with E-state index in [1.165, 1.54) is 0 Å². The van der Waals surface area contributed by atoms with Crippen LogP contribution < -0.4 is 4.90 Å². The number of rotatable bonds is 1. The van der Waals surface area contributed by atoms with E-state index in [1.54, 1.807) is 18.3 Å². The highest BCUT2D eigenvalue weighted by Crippen LogP contribution is 2.32. The molecule has 0 amide bonds. The van der Waals surface area contributed by atoms with E-state index in [0.29, 0.717) is 23.2 Å². The Morgan fingerprint density at radius 3 is 2.90 bits per heavy atom. The molecule has 2 aliphatic rings. The minimum absolute atomic E-state index is 0.221. The fourth-order valence-corrected chi connectivity index (χ4v) is 4.65. The highest BCUT2D eigenvalue weighted by molar-refractivity contribution is 7.91. The molecule has 1 aromatic rings. The number of aromatic nitrogens is 1. The average Bonchev–Trinajstić information content (AvgIpc) is 2.55. The molecule has 0 spiro atoms. The lowest BCUT2D eigenvalue weighted by atomic mass is 10.1. The minimum Gasteiger partial charge on any atom is -0.350 e. The van der Waals surface area contributed by atoms with Crippen LogP contribution >= 0.6 is 0 Å². The Bertz CT molecular complexity index is 600. The van der Waals surface area contributed by atoms with Crippen LogP contribution in [0.25, 0.3) is 0 Å². The van der Waals surface area contributed by atoms with Crippen molar-refractivity contribution in [3.05, 3.63) is 18.3 Å². The fourth-order valence-electron chi connectivity index (χ4n) is 3.12. The molecule has 0 radical (unpaired) electrons. The van der Waals surface area contributed by atoms with E-state index in [0.717, 1.165) is 19.6 Å². The van der Waals surface area contributed by atoms with E-state index in [2.05, 4.69) is 28.6 Å². The first kappa shape index (κ1) is 13.8. The summed E-state index contributed by atoms with van der Waals surface area (Å²) >= 11 is 0. The molecule has 0 bridgehead atoms. The summed E-state index contributed by atoms with van der Waals surface area (Å²) in [5, 5.41) is 0. The Morgan fingerprint density at radius 2 is 2.15 bits per heavy atom. The molecule has 0 N–H and O–H groups in total.